The Labute approximate surface area is 181 Å². The molecule has 1 aliphatic rings. The summed E-state index contributed by atoms with van der Waals surface area (Å²) in [5.41, 5.74) is 0.434. The van der Waals surface area contributed by atoms with Crippen molar-refractivity contribution < 1.29 is 9.59 Å². The standard InChI is InChI=1S/C22H28ClN3O2S/c1-14(2)9-18-7-8-20(29-18)22(28)25-13-19(15-5-3-4-6-15)26-21(27)16-10-17(23)12-24-11-16/h7-8,10-12,14-15,19H,3-6,9,13H2,1-2H3,(H,25,28)(H,26,27). The number of nitrogens with zero attached hydrogens (tertiary/aromatic N) is 1. The van der Waals surface area contributed by atoms with E-state index in [1.54, 1.807) is 17.4 Å². The Morgan fingerprint density at radius 3 is 2.66 bits per heavy atom. The van der Waals surface area contributed by atoms with Gasteiger partial charge in [-0.15, -0.1) is 11.3 Å². The number of carbonyl (C=O) groups excluding carboxylic acids is 2. The van der Waals surface area contributed by atoms with Crippen LogP contribution in [0.2, 0.25) is 5.02 Å². The summed E-state index contributed by atoms with van der Waals surface area (Å²) < 4.78 is 0. The molecular weight excluding hydrogens is 406 g/mol. The van der Waals surface area contributed by atoms with Crippen LogP contribution in [0.1, 0.15) is 64.4 Å². The SMILES string of the molecule is CC(C)Cc1ccc(C(=O)NCC(NC(=O)c2cncc(Cl)c2)C2CCCC2)s1. The average Bonchev–Trinajstić information content (AvgIpc) is 3.36. The van der Waals surface area contributed by atoms with Crippen molar-refractivity contribution in [2.24, 2.45) is 11.8 Å². The van der Waals surface area contributed by atoms with Crippen molar-refractivity contribution in [1.29, 1.82) is 0 Å². The van der Waals surface area contributed by atoms with Crippen LogP contribution in [0.15, 0.2) is 30.6 Å². The lowest BCUT2D eigenvalue weighted by molar-refractivity contribution is 0.0894. The van der Waals surface area contributed by atoms with Gasteiger partial charge in [0, 0.05) is 29.9 Å². The Morgan fingerprint density at radius 1 is 1.21 bits per heavy atom. The molecule has 0 radical (unpaired) electrons. The number of aromatic nitrogens is 1. The topological polar surface area (TPSA) is 71.1 Å². The van der Waals surface area contributed by atoms with E-state index in [9.17, 15) is 9.59 Å². The van der Waals surface area contributed by atoms with E-state index in [0.29, 0.717) is 29.0 Å². The molecule has 29 heavy (non-hydrogen) atoms. The largest absolute Gasteiger partial charge is 0.349 e. The minimum absolute atomic E-state index is 0.0772. The second kappa shape index (κ2) is 10.2. The molecule has 7 heteroatoms. The highest BCUT2D eigenvalue weighted by atomic mass is 35.5. The van der Waals surface area contributed by atoms with Crippen LogP contribution >= 0.6 is 22.9 Å². The number of carbonyl (C=O) groups is 2. The van der Waals surface area contributed by atoms with Crippen molar-refractivity contribution in [2.45, 2.75) is 52.0 Å². The molecule has 0 aromatic carbocycles. The van der Waals surface area contributed by atoms with Gasteiger partial charge < -0.3 is 10.6 Å². The molecule has 2 N–H and O–H groups in total. The molecule has 2 aromatic rings. The van der Waals surface area contributed by atoms with Crippen molar-refractivity contribution in [3.63, 3.8) is 0 Å². The van der Waals surface area contributed by atoms with E-state index in [1.165, 1.54) is 17.3 Å². The van der Waals surface area contributed by atoms with Crippen molar-refractivity contribution in [2.75, 3.05) is 6.54 Å². The molecule has 0 saturated heterocycles. The zero-order valence-corrected chi connectivity index (χ0v) is 18.5. The summed E-state index contributed by atoms with van der Waals surface area (Å²) >= 11 is 7.50. The number of halogens is 1. The lowest BCUT2D eigenvalue weighted by Crippen LogP contribution is -2.47. The first kappa shape index (κ1) is 21.8. The monoisotopic (exact) mass is 433 g/mol. The second-order valence-electron chi connectivity index (χ2n) is 8.09. The molecule has 1 atom stereocenters. The van der Waals surface area contributed by atoms with Gasteiger partial charge in [0.2, 0.25) is 0 Å². The van der Waals surface area contributed by atoms with Crippen molar-refractivity contribution in [3.05, 3.63) is 50.9 Å². The van der Waals surface area contributed by atoms with Crippen LogP contribution in [0.4, 0.5) is 0 Å². The highest BCUT2D eigenvalue weighted by Gasteiger charge is 2.27. The first-order valence-electron chi connectivity index (χ1n) is 10.2. The fourth-order valence-electron chi connectivity index (χ4n) is 3.78. The molecule has 0 aliphatic heterocycles. The molecule has 2 heterocycles. The molecule has 0 bridgehead atoms. The van der Waals surface area contributed by atoms with Gasteiger partial charge in [0.15, 0.2) is 0 Å². The Bertz CT molecular complexity index is 846. The zero-order valence-electron chi connectivity index (χ0n) is 16.9. The summed E-state index contributed by atoms with van der Waals surface area (Å²) in [7, 11) is 0. The molecule has 2 amide bonds. The maximum atomic E-state index is 12.7. The molecule has 3 rings (SSSR count). The van der Waals surface area contributed by atoms with E-state index in [0.717, 1.165) is 37.0 Å². The Balaban J connectivity index is 1.62. The van der Waals surface area contributed by atoms with Crippen LogP contribution in [-0.4, -0.2) is 29.4 Å². The summed E-state index contributed by atoms with van der Waals surface area (Å²) in [5.74, 6) is 0.645. The molecule has 1 unspecified atom stereocenters. The van der Waals surface area contributed by atoms with E-state index in [-0.39, 0.29) is 17.9 Å². The third kappa shape index (κ3) is 6.28. The fourth-order valence-corrected chi connectivity index (χ4v) is 5.09. The van der Waals surface area contributed by atoms with Crippen LogP contribution in [-0.2, 0) is 6.42 Å². The fraction of sp³-hybridized carbons (Fsp3) is 0.500. The minimum atomic E-state index is -0.207. The lowest BCUT2D eigenvalue weighted by atomic mass is 9.97. The van der Waals surface area contributed by atoms with Gasteiger partial charge in [-0.3, -0.25) is 14.6 Å². The molecule has 1 fully saturated rings. The Hall–Kier alpha value is -1.92. The zero-order chi connectivity index (χ0) is 20.8. The molecular formula is C22H28ClN3O2S. The van der Waals surface area contributed by atoms with E-state index in [4.69, 9.17) is 11.6 Å². The molecule has 2 aromatic heterocycles. The number of amides is 2. The molecule has 1 aliphatic carbocycles. The van der Waals surface area contributed by atoms with Crippen LogP contribution < -0.4 is 10.6 Å². The van der Waals surface area contributed by atoms with Crippen molar-refractivity contribution in [1.82, 2.24) is 15.6 Å². The molecule has 5 nitrogen and oxygen atoms in total. The number of pyridine rings is 1. The van der Waals surface area contributed by atoms with Crippen LogP contribution in [0.5, 0.6) is 0 Å². The van der Waals surface area contributed by atoms with Gasteiger partial charge in [0.05, 0.1) is 15.5 Å². The summed E-state index contributed by atoms with van der Waals surface area (Å²) in [4.78, 5) is 31.2. The predicted octanol–water partition coefficient (Wildman–Crippen LogP) is 4.71. The minimum Gasteiger partial charge on any atom is -0.349 e. The highest BCUT2D eigenvalue weighted by Crippen LogP contribution is 2.28. The van der Waals surface area contributed by atoms with Gasteiger partial charge in [-0.1, -0.05) is 38.3 Å². The average molecular weight is 434 g/mol. The molecule has 156 valence electrons. The maximum absolute atomic E-state index is 12.7. The van der Waals surface area contributed by atoms with E-state index in [1.807, 2.05) is 12.1 Å². The van der Waals surface area contributed by atoms with Gasteiger partial charge in [0.1, 0.15) is 0 Å². The van der Waals surface area contributed by atoms with E-state index >= 15 is 0 Å². The third-order valence-electron chi connectivity index (χ3n) is 5.23. The summed E-state index contributed by atoms with van der Waals surface area (Å²) in [6, 6.07) is 5.42. The van der Waals surface area contributed by atoms with Crippen LogP contribution in [0, 0.1) is 11.8 Å². The second-order valence-corrected chi connectivity index (χ2v) is 9.70. The maximum Gasteiger partial charge on any atom is 0.261 e. The van der Waals surface area contributed by atoms with E-state index < -0.39 is 0 Å². The first-order valence-corrected chi connectivity index (χ1v) is 11.4. The van der Waals surface area contributed by atoms with Gasteiger partial charge in [-0.25, -0.2) is 0 Å². The van der Waals surface area contributed by atoms with Gasteiger partial charge in [0.25, 0.3) is 11.8 Å². The van der Waals surface area contributed by atoms with Gasteiger partial charge >= 0.3 is 0 Å². The van der Waals surface area contributed by atoms with Gasteiger partial charge in [-0.2, -0.15) is 0 Å². The molecule has 0 spiro atoms. The number of rotatable bonds is 8. The van der Waals surface area contributed by atoms with Crippen LogP contribution in [0.3, 0.4) is 0 Å². The van der Waals surface area contributed by atoms with Crippen LogP contribution in [0.25, 0.3) is 0 Å². The number of hydrogen-bond donors (Lipinski definition) is 2. The smallest absolute Gasteiger partial charge is 0.261 e. The van der Waals surface area contributed by atoms with Gasteiger partial charge in [-0.05, 0) is 49.3 Å². The highest BCUT2D eigenvalue weighted by molar-refractivity contribution is 7.14. The molecule has 1 saturated carbocycles. The Kier molecular flexibility index (Phi) is 7.67. The summed E-state index contributed by atoms with van der Waals surface area (Å²) in [5, 5.41) is 6.55. The van der Waals surface area contributed by atoms with E-state index in [2.05, 4.69) is 29.5 Å². The Morgan fingerprint density at radius 2 is 1.97 bits per heavy atom. The quantitative estimate of drug-likeness (QED) is 0.633. The first-order chi connectivity index (χ1) is 13.9. The number of hydrogen-bond acceptors (Lipinski definition) is 4. The van der Waals surface area contributed by atoms with Crippen molar-refractivity contribution >= 4 is 34.8 Å². The number of nitrogens with one attached hydrogen (secondary N) is 2. The predicted molar refractivity (Wildman–Crippen MR) is 118 cm³/mol. The third-order valence-corrected chi connectivity index (χ3v) is 6.54. The van der Waals surface area contributed by atoms with Crippen molar-refractivity contribution in [3.8, 4) is 0 Å². The number of thiophene rings is 1. The summed E-state index contributed by atoms with van der Waals surface area (Å²) in [6.45, 7) is 4.76. The normalized spacial score (nSPS) is 15.4. The summed E-state index contributed by atoms with van der Waals surface area (Å²) in [6.07, 6.45) is 8.43. The lowest BCUT2D eigenvalue weighted by Gasteiger charge is -2.25.